The van der Waals surface area contributed by atoms with E-state index in [2.05, 4.69) is 19.6 Å². The average molecular weight is 590 g/mol. The van der Waals surface area contributed by atoms with Crippen LogP contribution < -0.4 is 5.32 Å². The van der Waals surface area contributed by atoms with Gasteiger partial charge < -0.3 is 29.2 Å². The van der Waals surface area contributed by atoms with Crippen molar-refractivity contribution in [2.24, 2.45) is 0 Å². The number of carbonyl (C=O) groups excluding carboxylic acids is 3. The fourth-order valence-corrected chi connectivity index (χ4v) is 5.60. The molecule has 0 saturated carbocycles. The molecule has 0 bridgehead atoms. The third-order valence-electron chi connectivity index (χ3n) is 7.87. The Balaban J connectivity index is 1.14. The van der Waals surface area contributed by atoms with E-state index in [0.717, 1.165) is 22.2 Å². The van der Waals surface area contributed by atoms with E-state index in [0.29, 0.717) is 24.2 Å². The molecule has 10 nitrogen and oxygen atoms in total. The summed E-state index contributed by atoms with van der Waals surface area (Å²) in [4.78, 5) is 41.3. The zero-order valence-corrected chi connectivity index (χ0v) is 23.4. The van der Waals surface area contributed by atoms with Crippen LogP contribution in [0.5, 0.6) is 0 Å². The lowest BCUT2D eigenvalue weighted by Crippen LogP contribution is -2.32. The number of hydrogen-bond acceptors (Lipinski definition) is 8. The minimum atomic E-state index is -0.771. The van der Waals surface area contributed by atoms with Gasteiger partial charge in [0.1, 0.15) is 0 Å². The number of anilines is 1. The van der Waals surface area contributed by atoms with Gasteiger partial charge in [0, 0.05) is 23.2 Å². The summed E-state index contributed by atoms with van der Waals surface area (Å²) in [6.45, 7) is 0.519. The van der Waals surface area contributed by atoms with Gasteiger partial charge in [-0.2, -0.15) is 0 Å². The highest BCUT2D eigenvalue weighted by atomic mass is 16.7. The van der Waals surface area contributed by atoms with E-state index in [1.807, 2.05) is 60.9 Å². The lowest BCUT2D eigenvalue weighted by molar-refractivity contribution is -0.252. The molecule has 0 aliphatic carbocycles. The zero-order chi connectivity index (χ0) is 30.2. The third kappa shape index (κ3) is 5.37. The highest BCUT2D eigenvalue weighted by Crippen LogP contribution is 2.39. The van der Waals surface area contributed by atoms with E-state index in [9.17, 15) is 19.5 Å². The maximum atomic E-state index is 13.1. The number of fused-ring (bicyclic) bond motifs is 2. The number of imidazole rings is 1. The lowest BCUT2D eigenvalue weighted by atomic mass is 10.00. The molecule has 1 saturated heterocycles. The van der Waals surface area contributed by atoms with Crippen molar-refractivity contribution >= 4 is 34.6 Å². The standard InChI is InChI=1S/C34H27N3O7/c38-18-20-8-10-21(11-9-20)30-16-25(17-37-19-35-28-6-1-2-7-29(28)37)42-34(43-30)23-4-3-5-24(14-23)36-31(39)22-12-13-26-27(15-22)33(41)44-32(26)40/h1-15,19,25,30,34,38H,16-18H2,(H,36,39). The summed E-state index contributed by atoms with van der Waals surface area (Å²) in [5.74, 6) is -1.94. The Kier molecular flexibility index (Phi) is 7.23. The lowest BCUT2D eigenvalue weighted by Gasteiger charge is -2.36. The molecule has 3 atom stereocenters. The zero-order valence-electron chi connectivity index (χ0n) is 23.4. The molecule has 0 spiro atoms. The number of nitrogens with zero attached hydrogens (tertiary/aromatic N) is 2. The number of aromatic nitrogens is 2. The van der Waals surface area contributed by atoms with Crippen molar-refractivity contribution in [1.29, 1.82) is 0 Å². The van der Waals surface area contributed by atoms with Crippen LogP contribution in [-0.2, 0) is 27.4 Å². The first-order valence-electron chi connectivity index (χ1n) is 14.2. The highest BCUT2D eigenvalue weighted by Gasteiger charge is 2.33. The SMILES string of the molecule is O=C(Nc1cccc(C2OC(Cn3cnc4ccccc43)CC(c3ccc(CO)cc3)O2)c1)c1ccc2c(c1)C(=O)OC2=O. The predicted molar refractivity (Wildman–Crippen MR) is 159 cm³/mol. The molecule has 10 heteroatoms. The molecule has 3 unspecified atom stereocenters. The second kappa shape index (κ2) is 11.5. The van der Waals surface area contributed by atoms with Gasteiger partial charge >= 0.3 is 11.9 Å². The predicted octanol–water partition coefficient (Wildman–Crippen LogP) is 5.34. The normalized spacial score (nSPS) is 19.5. The quantitative estimate of drug-likeness (QED) is 0.192. The molecule has 1 aromatic heterocycles. The van der Waals surface area contributed by atoms with Crippen molar-refractivity contribution in [3.8, 4) is 0 Å². The molecular formula is C34H27N3O7. The van der Waals surface area contributed by atoms with E-state index in [1.54, 1.807) is 18.2 Å². The van der Waals surface area contributed by atoms with Crippen LogP contribution in [-0.4, -0.2) is 38.6 Å². The van der Waals surface area contributed by atoms with Crippen molar-refractivity contribution in [3.63, 3.8) is 0 Å². The molecule has 2 aliphatic heterocycles. The van der Waals surface area contributed by atoms with Crippen LogP contribution in [0, 0.1) is 0 Å². The molecular weight excluding hydrogens is 562 g/mol. The Labute approximate surface area is 251 Å². The summed E-state index contributed by atoms with van der Waals surface area (Å²) in [7, 11) is 0. The first-order chi connectivity index (χ1) is 21.4. The van der Waals surface area contributed by atoms with Gasteiger partial charge in [-0.05, 0) is 53.6 Å². The highest BCUT2D eigenvalue weighted by molar-refractivity contribution is 6.16. The number of cyclic esters (lactones) is 2. The van der Waals surface area contributed by atoms with Crippen molar-refractivity contribution < 1.29 is 33.7 Å². The maximum absolute atomic E-state index is 13.1. The van der Waals surface area contributed by atoms with Crippen LogP contribution in [0.25, 0.3) is 11.0 Å². The van der Waals surface area contributed by atoms with Crippen molar-refractivity contribution in [2.75, 3.05) is 5.32 Å². The first kappa shape index (κ1) is 27.7. The molecule has 4 aromatic carbocycles. The summed E-state index contributed by atoms with van der Waals surface area (Å²) < 4.78 is 19.7. The number of para-hydroxylation sites is 2. The fourth-order valence-electron chi connectivity index (χ4n) is 5.60. The summed E-state index contributed by atoms with van der Waals surface area (Å²) in [5, 5.41) is 12.4. The molecule has 1 fully saturated rings. The minimum Gasteiger partial charge on any atom is -0.392 e. The van der Waals surface area contributed by atoms with Crippen LogP contribution in [0.1, 0.15) is 66.6 Å². The number of carbonyl (C=O) groups is 3. The maximum Gasteiger partial charge on any atom is 0.346 e. The van der Waals surface area contributed by atoms with E-state index >= 15 is 0 Å². The van der Waals surface area contributed by atoms with Crippen molar-refractivity contribution in [1.82, 2.24) is 9.55 Å². The number of amides is 1. The number of hydrogen-bond donors (Lipinski definition) is 2. The minimum absolute atomic E-state index is 0.0416. The average Bonchev–Trinajstić information content (AvgIpc) is 3.59. The molecule has 44 heavy (non-hydrogen) atoms. The second-order valence-electron chi connectivity index (χ2n) is 10.8. The van der Waals surface area contributed by atoms with Gasteiger partial charge in [-0.3, -0.25) is 4.79 Å². The number of benzene rings is 4. The van der Waals surface area contributed by atoms with Crippen LogP contribution in [0.15, 0.2) is 97.3 Å². The third-order valence-corrected chi connectivity index (χ3v) is 7.87. The van der Waals surface area contributed by atoms with Gasteiger partial charge in [0.2, 0.25) is 0 Å². The van der Waals surface area contributed by atoms with Crippen LogP contribution >= 0.6 is 0 Å². The Hall–Kier alpha value is -5.16. The fraction of sp³-hybridized carbons (Fsp3) is 0.176. The molecule has 1 amide bonds. The summed E-state index contributed by atoms with van der Waals surface area (Å²) in [6.07, 6.45) is 1.17. The van der Waals surface area contributed by atoms with Crippen molar-refractivity contribution in [2.45, 2.75) is 38.1 Å². The molecule has 7 rings (SSSR count). The Morgan fingerprint density at radius 3 is 2.55 bits per heavy atom. The van der Waals surface area contributed by atoms with Gasteiger partial charge in [-0.25, -0.2) is 14.6 Å². The Morgan fingerprint density at radius 1 is 0.886 bits per heavy atom. The van der Waals surface area contributed by atoms with E-state index in [-0.39, 0.29) is 35.5 Å². The van der Waals surface area contributed by atoms with E-state index < -0.39 is 24.1 Å². The van der Waals surface area contributed by atoms with Crippen LogP contribution in [0.3, 0.4) is 0 Å². The van der Waals surface area contributed by atoms with Crippen molar-refractivity contribution in [3.05, 3.63) is 131 Å². The number of ether oxygens (including phenoxy) is 3. The largest absolute Gasteiger partial charge is 0.392 e. The van der Waals surface area contributed by atoms with Gasteiger partial charge in [0.05, 0.1) is 53.8 Å². The Morgan fingerprint density at radius 2 is 1.70 bits per heavy atom. The van der Waals surface area contributed by atoms with E-state index in [4.69, 9.17) is 9.47 Å². The smallest absolute Gasteiger partial charge is 0.346 e. The molecule has 220 valence electrons. The van der Waals surface area contributed by atoms with Crippen LogP contribution in [0.4, 0.5) is 5.69 Å². The molecule has 3 heterocycles. The Bertz CT molecular complexity index is 1900. The molecule has 5 aromatic rings. The molecule has 2 N–H and O–H groups in total. The van der Waals surface area contributed by atoms with E-state index in [1.165, 1.54) is 18.2 Å². The number of esters is 2. The number of rotatable bonds is 7. The monoisotopic (exact) mass is 589 g/mol. The number of nitrogens with one attached hydrogen (secondary N) is 1. The topological polar surface area (TPSA) is 129 Å². The summed E-state index contributed by atoms with van der Waals surface area (Å²) in [6, 6.07) is 27.1. The summed E-state index contributed by atoms with van der Waals surface area (Å²) >= 11 is 0. The first-order valence-corrected chi connectivity index (χ1v) is 14.2. The molecule has 0 radical (unpaired) electrons. The van der Waals surface area contributed by atoms with Gasteiger partial charge in [-0.1, -0.05) is 48.5 Å². The van der Waals surface area contributed by atoms with Gasteiger partial charge in [0.25, 0.3) is 5.91 Å². The van der Waals surface area contributed by atoms with Gasteiger partial charge in [0.15, 0.2) is 6.29 Å². The summed E-state index contributed by atoms with van der Waals surface area (Å²) in [5.41, 5.74) is 5.33. The van der Waals surface area contributed by atoms with Crippen LogP contribution in [0.2, 0.25) is 0 Å². The van der Waals surface area contributed by atoms with Gasteiger partial charge in [-0.15, -0.1) is 0 Å². The second-order valence-corrected chi connectivity index (χ2v) is 10.8. The molecule has 2 aliphatic rings. The number of aliphatic hydroxyl groups is 1. The number of aliphatic hydroxyl groups excluding tert-OH is 1.